The van der Waals surface area contributed by atoms with E-state index < -0.39 is 0 Å². The zero-order chi connectivity index (χ0) is 10.5. The predicted octanol–water partition coefficient (Wildman–Crippen LogP) is 3.44. The largest absolute Gasteiger partial charge is 0.313 e. The summed E-state index contributed by atoms with van der Waals surface area (Å²) in [5.41, 5.74) is 0. The third kappa shape index (κ3) is 3.13. The third-order valence-corrected chi connectivity index (χ3v) is 5.44. The number of hydrogen-bond donors (Lipinski definition) is 1. The molecule has 1 aliphatic carbocycles. The zero-order valence-electron chi connectivity index (χ0n) is 10.0. The summed E-state index contributed by atoms with van der Waals surface area (Å²) in [6.07, 6.45) is 10.3. The highest BCUT2D eigenvalue weighted by atomic mass is 32.2. The molecule has 0 bridgehead atoms. The SMILES string of the molecule is CCNC(C1CCCC1)C1CCCCS1. The van der Waals surface area contributed by atoms with Gasteiger partial charge >= 0.3 is 0 Å². The number of thioether (sulfide) groups is 1. The second kappa shape index (κ2) is 6.15. The topological polar surface area (TPSA) is 12.0 Å². The van der Waals surface area contributed by atoms with Crippen LogP contribution < -0.4 is 5.32 Å². The Bertz CT molecular complexity index is 171. The van der Waals surface area contributed by atoms with Crippen molar-refractivity contribution in [1.82, 2.24) is 5.32 Å². The van der Waals surface area contributed by atoms with Gasteiger partial charge in [-0.15, -0.1) is 0 Å². The van der Waals surface area contributed by atoms with Crippen LogP contribution in [0.4, 0.5) is 0 Å². The molecular weight excluding hydrogens is 202 g/mol. The molecule has 2 atom stereocenters. The molecule has 0 aromatic carbocycles. The Morgan fingerprint density at radius 2 is 1.87 bits per heavy atom. The molecule has 0 aromatic rings. The molecular formula is C13H25NS. The lowest BCUT2D eigenvalue weighted by Crippen LogP contribution is -2.44. The van der Waals surface area contributed by atoms with Gasteiger partial charge in [0, 0.05) is 11.3 Å². The molecule has 1 heterocycles. The quantitative estimate of drug-likeness (QED) is 0.789. The lowest BCUT2D eigenvalue weighted by molar-refractivity contribution is 0.342. The maximum atomic E-state index is 3.77. The number of hydrogen-bond acceptors (Lipinski definition) is 2. The summed E-state index contributed by atoms with van der Waals surface area (Å²) in [6, 6.07) is 0.822. The van der Waals surface area contributed by atoms with E-state index in [0.717, 1.165) is 23.8 Å². The molecule has 0 spiro atoms. The molecule has 1 saturated carbocycles. The second-order valence-corrected chi connectivity index (χ2v) is 6.38. The van der Waals surface area contributed by atoms with Gasteiger partial charge in [0.25, 0.3) is 0 Å². The fraction of sp³-hybridized carbons (Fsp3) is 1.00. The summed E-state index contributed by atoms with van der Waals surface area (Å²) in [6.45, 7) is 3.41. The van der Waals surface area contributed by atoms with Crippen molar-refractivity contribution in [2.75, 3.05) is 12.3 Å². The van der Waals surface area contributed by atoms with Crippen LogP contribution in [-0.4, -0.2) is 23.6 Å². The first-order chi connectivity index (χ1) is 7.42. The summed E-state index contributed by atoms with van der Waals surface area (Å²) in [5, 5.41) is 4.69. The van der Waals surface area contributed by atoms with E-state index >= 15 is 0 Å². The van der Waals surface area contributed by atoms with Crippen molar-refractivity contribution in [3.05, 3.63) is 0 Å². The van der Waals surface area contributed by atoms with Crippen molar-refractivity contribution in [3.63, 3.8) is 0 Å². The van der Waals surface area contributed by atoms with E-state index in [9.17, 15) is 0 Å². The van der Waals surface area contributed by atoms with Gasteiger partial charge < -0.3 is 5.32 Å². The Hall–Kier alpha value is 0.310. The molecule has 1 saturated heterocycles. The van der Waals surface area contributed by atoms with E-state index in [0.29, 0.717) is 0 Å². The smallest absolute Gasteiger partial charge is 0.0214 e. The normalized spacial score (nSPS) is 30.6. The summed E-state index contributed by atoms with van der Waals surface area (Å²) in [7, 11) is 0. The van der Waals surface area contributed by atoms with Gasteiger partial charge in [-0.25, -0.2) is 0 Å². The van der Waals surface area contributed by atoms with Gasteiger partial charge in [0.05, 0.1) is 0 Å². The Labute approximate surface area is 98.8 Å². The highest BCUT2D eigenvalue weighted by Gasteiger charge is 2.31. The van der Waals surface area contributed by atoms with E-state index in [1.54, 1.807) is 0 Å². The molecule has 2 unspecified atom stereocenters. The molecule has 2 fully saturated rings. The maximum Gasteiger partial charge on any atom is 0.0214 e. The summed E-state index contributed by atoms with van der Waals surface area (Å²) in [4.78, 5) is 0. The average Bonchev–Trinajstić information content (AvgIpc) is 2.80. The molecule has 1 aliphatic heterocycles. The van der Waals surface area contributed by atoms with Gasteiger partial charge in [0.2, 0.25) is 0 Å². The first kappa shape index (κ1) is 11.8. The van der Waals surface area contributed by atoms with Gasteiger partial charge in [0.1, 0.15) is 0 Å². The molecule has 15 heavy (non-hydrogen) atoms. The molecule has 88 valence electrons. The summed E-state index contributed by atoms with van der Waals surface area (Å²) >= 11 is 2.24. The summed E-state index contributed by atoms with van der Waals surface area (Å²) in [5.74, 6) is 2.39. The van der Waals surface area contributed by atoms with Crippen LogP contribution in [0.25, 0.3) is 0 Å². The molecule has 0 aromatic heterocycles. The Morgan fingerprint density at radius 1 is 1.13 bits per heavy atom. The minimum absolute atomic E-state index is 0.822. The summed E-state index contributed by atoms with van der Waals surface area (Å²) < 4.78 is 0. The van der Waals surface area contributed by atoms with Gasteiger partial charge in [0.15, 0.2) is 0 Å². The van der Waals surface area contributed by atoms with E-state index in [1.165, 1.54) is 50.7 Å². The second-order valence-electron chi connectivity index (χ2n) is 5.03. The first-order valence-electron chi connectivity index (χ1n) is 6.77. The van der Waals surface area contributed by atoms with Gasteiger partial charge in [-0.05, 0) is 43.9 Å². The minimum Gasteiger partial charge on any atom is -0.313 e. The van der Waals surface area contributed by atoms with E-state index in [1.807, 2.05) is 0 Å². The average molecular weight is 227 g/mol. The zero-order valence-corrected chi connectivity index (χ0v) is 10.8. The van der Waals surface area contributed by atoms with Crippen LogP contribution in [0.1, 0.15) is 51.9 Å². The molecule has 1 nitrogen and oxygen atoms in total. The number of rotatable bonds is 4. The monoisotopic (exact) mass is 227 g/mol. The lowest BCUT2D eigenvalue weighted by atomic mass is 9.92. The Kier molecular flexibility index (Phi) is 4.83. The molecule has 1 N–H and O–H groups in total. The number of nitrogens with one attached hydrogen (secondary N) is 1. The van der Waals surface area contributed by atoms with Crippen molar-refractivity contribution < 1.29 is 0 Å². The van der Waals surface area contributed by atoms with Crippen LogP contribution in [0.15, 0.2) is 0 Å². The van der Waals surface area contributed by atoms with Crippen molar-refractivity contribution in [2.45, 2.75) is 63.2 Å². The molecule has 0 radical (unpaired) electrons. The predicted molar refractivity (Wildman–Crippen MR) is 69.5 cm³/mol. The van der Waals surface area contributed by atoms with Gasteiger partial charge in [-0.3, -0.25) is 0 Å². The van der Waals surface area contributed by atoms with Crippen molar-refractivity contribution in [3.8, 4) is 0 Å². The molecule has 2 heteroatoms. The van der Waals surface area contributed by atoms with E-state index in [4.69, 9.17) is 0 Å². The molecule has 2 rings (SSSR count). The molecule has 0 amide bonds. The van der Waals surface area contributed by atoms with Gasteiger partial charge in [-0.1, -0.05) is 26.2 Å². The highest BCUT2D eigenvalue weighted by molar-refractivity contribution is 8.00. The Balaban J connectivity index is 1.90. The van der Waals surface area contributed by atoms with Crippen LogP contribution in [-0.2, 0) is 0 Å². The van der Waals surface area contributed by atoms with E-state index in [2.05, 4.69) is 24.0 Å². The van der Waals surface area contributed by atoms with Crippen molar-refractivity contribution in [2.24, 2.45) is 5.92 Å². The fourth-order valence-corrected chi connectivity index (χ4v) is 4.74. The lowest BCUT2D eigenvalue weighted by Gasteiger charge is -2.34. The van der Waals surface area contributed by atoms with Gasteiger partial charge in [-0.2, -0.15) is 11.8 Å². The van der Waals surface area contributed by atoms with E-state index in [-0.39, 0.29) is 0 Å². The van der Waals surface area contributed by atoms with Crippen LogP contribution in [0.3, 0.4) is 0 Å². The Morgan fingerprint density at radius 3 is 2.47 bits per heavy atom. The van der Waals surface area contributed by atoms with Crippen molar-refractivity contribution >= 4 is 11.8 Å². The van der Waals surface area contributed by atoms with Crippen LogP contribution in [0, 0.1) is 5.92 Å². The molecule has 2 aliphatic rings. The van der Waals surface area contributed by atoms with Crippen LogP contribution in [0.5, 0.6) is 0 Å². The van der Waals surface area contributed by atoms with Crippen LogP contribution in [0.2, 0.25) is 0 Å². The first-order valence-corrected chi connectivity index (χ1v) is 7.81. The van der Waals surface area contributed by atoms with Crippen LogP contribution >= 0.6 is 11.8 Å². The minimum atomic E-state index is 0.822. The fourth-order valence-electron chi connectivity index (χ4n) is 3.20. The standard InChI is InChI=1S/C13H25NS/c1-2-14-13(11-7-3-4-8-11)12-9-5-6-10-15-12/h11-14H,2-10H2,1H3. The third-order valence-electron chi connectivity index (χ3n) is 3.96. The van der Waals surface area contributed by atoms with Crippen molar-refractivity contribution in [1.29, 1.82) is 0 Å². The maximum absolute atomic E-state index is 3.77. The highest BCUT2D eigenvalue weighted by Crippen LogP contribution is 2.36.